The average Bonchev–Trinajstić information content (AvgIpc) is 2.65. The Morgan fingerprint density at radius 1 is 0.577 bits per heavy atom. The lowest BCUT2D eigenvalue weighted by Gasteiger charge is -2.04. The van der Waals surface area contributed by atoms with Crippen LogP contribution in [0.5, 0.6) is 0 Å². The molecular weight excluding hydrogens is 328 g/mol. The summed E-state index contributed by atoms with van der Waals surface area (Å²) >= 11 is 0. The number of esters is 2. The first-order valence-corrected chi connectivity index (χ1v) is 10.8. The molecule has 0 unspecified atom stereocenters. The zero-order chi connectivity index (χ0) is 19.9. The Hall–Kier alpha value is -1.06. The van der Waals surface area contributed by atoms with Crippen LogP contribution in [-0.4, -0.2) is 25.7 Å². The van der Waals surface area contributed by atoms with Crippen LogP contribution in [0.15, 0.2) is 0 Å². The van der Waals surface area contributed by atoms with E-state index >= 15 is 0 Å². The van der Waals surface area contributed by atoms with Crippen molar-refractivity contribution in [1.82, 2.24) is 0 Å². The Labute approximate surface area is 162 Å². The monoisotopic (exact) mass is 372 g/mol. The van der Waals surface area contributed by atoms with Gasteiger partial charge in [0, 0.05) is 12.8 Å². The standard InChI is InChI=1S/C15H30O2.C7H14O2/c1-3-5-7-9-10-12-14-17-15(16)13-11-8-6-4-2;1-3-4-5-6-7(8)9-2/h3-14H2,1-2H3;3-6H2,1-2H3. The van der Waals surface area contributed by atoms with Gasteiger partial charge in [-0.1, -0.05) is 85.0 Å². The van der Waals surface area contributed by atoms with Crippen molar-refractivity contribution in [2.45, 2.75) is 117 Å². The minimum absolute atomic E-state index is 0.00494. The largest absolute Gasteiger partial charge is 0.469 e. The molecule has 0 amide bonds. The van der Waals surface area contributed by atoms with E-state index < -0.39 is 0 Å². The number of methoxy groups -OCH3 is 1. The van der Waals surface area contributed by atoms with Crippen LogP contribution in [0.4, 0.5) is 0 Å². The molecule has 0 aliphatic rings. The smallest absolute Gasteiger partial charge is 0.305 e. The van der Waals surface area contributed by atoms with Gasteiger partial charge < -0.3 is 9.47 Å². The molecule has 26 heavy (non-hydrogen) atoms. The van der Waals surface area contributed by atoms with Crippen molar-refractivity contribution in [3.05, 3.63) is 0 Å². The van der Waals surface area contributed by atoms with Crippen LogP contribution in [0.2, 0.25) is 0 Å². The number of rotatable bonds is 16. The molecule has 0 saturated carbocycles. The number of hydrogen-bond acceptors (Lipinski definition) is 4. The number of unbranched alkanes of at least 4 members (excludes halogenated alkanes) is 10. The lowest BCUT2D eigenvalue weighted by atomic mass is 10.1. The highest BCUT2D eigenvalue weighted by Gasteiger charge is 2.01. The first kappa shape index (κ1) is 27.2. The Morgan fingerprint density at radius 2 is 1.00 bits per heavy atom. The van der Waals surface area contributed by atoms with Crippen LogP contribution in [0.3, 0.4) is 0 Å². The normalized spacial score (nSPS) is 10.0. The molecule has 0 aliphatic heterocycles. The van der Waals surface area contributed by atoms with Gasteiger partial charge in [0.05, 0.1) is 13.7 Å². The van der Waals surface area contributed by atoms with Crippen molar-refractivity contribution < 1.29 is 19.1 Å². The van der Waals surface area contributed by atoms with Crippen molar-refractivity contribution in [1.29, 1.82) is 0 Å². The Balaban J connectivity index is 0. The minimum atomic E-state index is -0.0940. The highest BCUT2D eigenvalue weighted by Crippen LogP contribution is 2.06. The predicted octanol–water partition coefficient (Wildman–Crippen LogP) is 6.60. The third-order valence-corrected chi connectivity index (χ3v) is 4.21. The maximum Gasteiger partial charge on any atom is 0.305 e. The van der Waals surface area contributed by atoms with Crippen molar-refractivity contribution in [3.8, 4) is 0 Å². The SMILES string of the molecule is CCCCCC(=O)OC.CCCCCCCCOC(=O)CCCCCC. The van der Waals surface area contributed by atoms with Gasteiger partial charge in [-0.15, -0.1) is 0 Å². The Bertz CT molecular complexity index is 303. The van der Waals surface area contributed by atoms with Crippen molar-refractivity contribution >= 4 is 11.9 Å². The van der Waals surface area contributed by atoms with Crippen LogP contribution in [0, 0.1) is 0 Å². The molecule has 0 aliphatic carbocycles. The molecule has 0 bridgehead atoms. The van der Waals surface area contributed by atoms with E-state index in [9.17, 15) is 9.59 Å². The lowest BCUT2D eigenvalue weighted by Crippen LogP contribution is -2.05. The second-order valence-corrected chi connectivity index (χ2v) is 6.83. The van der Waals surface area contributed by atoms with Gasteiger partial charge in [-0.05, 0) is 19.3 Å². The van der Waals surface area contributed by atoms with Crippen LogP contribution in [0.1, 0.15) is 117 Å². The molecule has 4 heteroatoms. The van der Waals surface area contributed by atoms with E-state index in [0.717, 1.165) is 38.5 Å². The molecular formula is C22H44O4. The first-order valence-electron chi connectivity index (χ1n) is 10.8. The van der Waals surface area contributed by atoms with Gasteiger partial charge in [0.2, 0.25) is 0 Å². The molecule has 156 valence electrons. The summed E-state index contributed by atoms with van der Waals surface area (Å²) in [5, 5.41) is 0. The third kappa shape index (κ3) is 25.2. The highest BCUT2D eigenvalue weighted by atomic mass is 16.5. The molecule has 4 nitrogen and oxygen atoms in total. The van der Waals surface area contributed by atoms with E-state index in [2.05, 4.69) is 25.5 Å². The minimum Gasteiger partial charge on any atom is -0.469 e. The summed E-state index contributed by atoms with van der Waals surface area (Å²) in [5.41, 5.74) is 0. The second-order valence-electron chi connectivity index (χ2n) is 6.83. The number of carbonyl (C=O) groups excluding carboxylic acids is 2. The average molecular weight is 373 g/mol. The molecule has 0 aromatic carbocycles. The number of ether oxygens (including phenoxy) is 2. The summed E-state index contributed by atoms with van der Waals surface area (Å²) in [7, 11) is 1.42. The summed E-state index contributed by atoms with van der Waals surface area (Å²) in [6.07, 6.45) is 16.4. The summed E-state index contributed by atoms with van der Waals surface area (Å²) in [5.74, 6) is -0.0990. The van der Waals surface area contributed by atoms with Crippen LogP contribution >= 0.6 is 0 Å². The Kier molecular flexibility index (Phi) is 25.0. The highest BCUT2D eigenvalue weighted by molar-refractivity contribution is 5.69. The predicted molar refractivity (Wildman–Crippen MR) is 109 cm³/mol. The van der Waals surface area contributed by atoms with Gasteiger partial charge >= 0.3 is 11.9 Å². The van der Waals surface area contributed by atoms with E-state index in [0.29, 0.717) is 19.4 Å². The van der Waals surface area contributed by atoms with Gasteiger partial charge in [0.25, 0.3) is 0 Å². The van der Waals surface area contributed by atoms with Crippen molar-refractivity contribution in [3.63, 3.8) is 0 Å². The fraction of sp³-hybridized carbons (Fsp3) is 0.909. The molecule has 0 spiro atoms. The summed E-state index contributed by atoms with van der Waals surface area (Å²) in [6, 6.07) is 0. The van der Waals surface area contributed by atoms with Crippen molar-refractivity contribution in [2.75, 3.05) is 13.7 Å². The van der Waals surface area contributed by atoms with Gasteiger partial charge in [0.15, 0.2) is 0 Å². The first-order chi connectivity index (χ1) is 12.6. The van der Waals surface area contributed by atoms with E-state index in [1.807, 2.05) is 0 Å². The van der Waals surface area contributed by atoms with E-state index in [-0.39, 0.29) is 11.9 Å². The summed E-state index contributed by atoms with van der Waals surface area (Å²) < 4.78 is 9.65. The van der Waals surface area contributed by atoms with Crippen LogP contribution in [-0.2, 0) is 19.1 Å². The fourth-order valence-corrected chi connectivity index (χ4v) is 2.46. The van der Waals surface area contributed by atoms with Crippen molar-refractivity contribution in [2.24, 2.45) is 0 Å². The van der Waals surface area contributed by atoms with E-state index in [1.165, 1.54) is 52.1 Å². The third-order valence-electron chi connectivity index (χ3n) is 4.21. The Morgan fingerprint density at radius 3 is 1.58 bits per heavy atom. The molecule has 0 aromatic heterocycles. The molecule has 0 N–H and O–H groups in total. The maximum atomic E-state index is 11.3. The van der Waals surface area contributed by atoms with Crippen LogP contribution in [0.25, 0.3) is 0 Å². The van der Waals surface area contributed by atoms with E-state index in [4.69, 9.17) is 4.74 Å². The number of hydrogen-bond donors (Lipinski definition) is 0. The van der Waals surface area contributed by atoms with Gasteiger partial charge in [-0.25, -0.2) is 0 Å². The molecule has 0 fully saturated rings. The lowest BCUT2D eigenvalue weighted by molar-refractivity contribution is -0.144. The van der Waals surface area contributed by atoms with Gasteiger partial charge in [-0.2, -0.15) is 0 Å². The molecule has 0 saturated heterocycles. The summed E-state index contributed by atoms with van der Waals surface area (Å²) in [4.78, 5) is 21.8. The van der Waals surface area contributed by atoms with Crippen LogP contribution < -0.4 is 0 Å². The second kappa shape index (κ2) is 23.9. The van der Waals surface area contributed by atoms with Gasteiger partial charge in [-0.3, -0.25) is 9.59 Å². The molecule has 0 rings (SSSR count). The number of carbonyl (C=O) groups is 2. The molecule has 0 atom stereocenters. The van der Waals surface area contributed by atoms with E-state index in [1.54, 1.807) is 0 Å². The zero-order valence-electron chi connectivity index (χ0n) is 17.9. The molecule has 0 aromatic rings. The maximum absolute atomic E-state index is 11.3. The molecule has 0 radical (unpaired) electrons. The fourth-order valence-electron chi connectivity index (χ4n) is 2.46. The molecule has 0 heterocycles. The topological polar surface area (TPSA) is 52.6 Å². The zero-order valence-corrected chi connectivity index (χ0v) is 17.9. The summed E-state index contributed by atoms with van der Waals surface area (Å²) in [6.45, 7) is 7.13. The quantitative estimate of drug-likeness (QED) is 0.226. The van der Waals surface area contributed by atoms with Gasteiger partial charge in [0.1, 0.15) is 0 Å².